The average Bonchev–Trinajstić information content (AvgIpc) is 2.31. The van der Waals surface area contributed by atoms with E-state index in [0.717, 1.165) is 5.30 Å². The van der Waals surface area contributed by atoms with Gasteiger partial charge in [0, 0.05) is 27.0 Å². The summed E-state index contributed by atoms with van der Waals surface area (Å²) >= 11 is 0. The van der Waals surface area contributed by atoms with Gasteiger partial charge in [0.1, 0.15) is 5.75 Å². The molecule has 2 nitrogen and oxygen atoms in total. The van der Waals surface area contributed by atoms with E-state index in [9.17, 15) is 4.57 Å². The Morgan fingerprint density at radius 1 is 0.812 bits per heavy atom. The first kappa shape index (κ1) is 13.3. The number of benzene rings is 2. The molecule has 2 aromatic rings. The molecule has 0 spiro atoms. The fourth-order valence-corrected chi connectivity index (χ4v) is 2.16. The third-order valence-corrected chi connectivity index (χ3v) is 3.19. The van der Waals surface area contributed by atoms with Gasteiger partial charge >= 0.3 is 0 Å². The van der Waals surface area contributed by atoms with Crippen LogP contribution in [-0.4, -0.2) is 0 Å². The molecule has 4 heteroatoms. The van der Waals surface area contributed by atoms with Gasteiger partial charge in [-0.25, -0.2) is 0 Å². The number of para-hydroxylation sites is 1. The molecule has 0 aliphatic carbocycles. The van der Waals surface area contributed by atoms with Crippen LogP contribution in [0.3, 0.4) is 0 Å². The van der Waals surface area contributed by atoms with Gasteiger partial charge in [-0.2, -0.15) is 0 Å². The van der Waals surface area contributed by atoms with Crippen LogP contribution in [0.15, 0.2) is 60.7 Å². The molecule has 0 aromatic heterocycles. The molecule has 0 saturated carbocycles. The molecule has 0 aliphatic heterocycles. The van der Waals surface area contributed by atoms with Gasteiger partial charge in [-0.1, -0.05) is 36.4 Å². The summed E-state index contributed by atoms with van der Waals surface area (Å²) in [6.07, 6.45) is 0. The maximum atomic E-state index is 11.8. The van der Waals surface area contributed by atoms with E-state index in [4.69, 9.17) is 4.52 Å². The van der Waals surface area contributed by atoms with Crippen molar-refractivity contribution in [2.75, 3.05) is 0 Å². The molecule has 0 radical (unpaired) electrons. The Balaban J connectivity index is 0.00000128. The molecule has 0 saturated heterocycles. The fraction of sp³-hybridized carbons (Fsp3) is 0. The number of rotatable bonds is 3. The van der Waals surface area contributed by atoms with Crippen LogP contribution in [-0.2, 0) is 26.3 Å². The van der Waals surface area contributed by atoms with Crippen LogP contribution in [0, 0.1) is 0 Å². The van der Waals surface area contributed by atoms with Gasteiger partial charge in [0.05, 0.1) is 0 Å². The van der Waals surface area contributed by atoms with Gasteiger partial charge in [-0.05, 0) is 24.3 Å². The van der Waals surface area contributed by atoms with Crippen LogP contribution in [0.25, 0.3) is 0 Å². The van der Waals surface area contributed by atoms with Crippen molar-refractivity contribution >= 4 is 13.3 Å². The van der Waals surface area contributed by atoms with Gasteiger partial charge in [0.25, 0.3) is 8.03 Å². The standard InChI is InChI=1S/C12H11O2P.Ti/c13-15(12-9-5-2-6-10-12)14-11-7-3-1-4-8-11;/h1-10,15H;. The summed E-state index contributed by atoms with van der Waals surface area (Å²) in [5, 5.41) is 0.742. The van der Waals surface area contributed by atoms with Crippen LogP contribution in [0.4, 0.5) is 0 Å². The predicted octanol–water partition coefficient (Wildman–Crippen LogP) is 2.86. The van der Waals surface area contributed by atoms with Gasteiger partial charge in [-0.15, -0.1) is 0 Å². The second-order valence-corrected chi connectivity index (χ2v) is 4.42. The largest absolute Gasteiger partial charge is 0.442 e. The van der Waals surface area contributed by atoms with Crippen LogP contribution in [0.5, 0.6) is 5.75 Å². The Kier molecular flexibility index (Phi) is 5.55. The van der Waals surface area contributed by atoms with Gasteiger partial charge in [0.15, 0.2) is 0 Å². The first-order chi connectivity index (χ1) is 7.36. The molecule has 1 unspecified atom stereocenters. The Bertz CT molecular complexity index is 445. The molecule has 1 atom stereocenters. The third-order valence-electron chi connectivity index (χ3n) is 1.96. The van der Waals surface area contributed by atoms with Crippen molar-refractivity contribution in [3.05, 3.63) is 60.7 Å². The summed E-state index contributed by atoms with van der Waals surface area (Å²) in [5.74, 6) is 0.644. The monoisotopic (exact) mass is 266 g/mol. The number of hydrogen-bond donors (Lipinski definition) is 0. The van der Waals surface area contributed by atoms with E-state index >= 15 is 0 Å². The van der Waals surface area contributed by atoms with Crippen molar-refractivity contribution in [1.82, 2.24) is 0 Å². The zero-order valence-corrected chi connectivity index (χ0v) is 11.2. The zero-order chi connectivity index (χ0) is 10.5. The summed E-state index contributed by atoms with van der Waals surface area (Å²) < 4.78 is 17.1. The Hall–Kier alpha value is -0.816. The Labute approximate surface area is 110 Å². The van der Waals surface area contributed by atoms with Crippen molar-refractivity contribution in [1.29, 1.82) is 0 Å². The minimum Gasteiger partial charge on any atom is -0.442 e. The summed E-state index contributed by atoms with van der Waals surface area (Å²) in [5.41, 5.74) is 0. The van der Waals surface area contributed by atoms with Crippen LogP contribution in [0.2, 0.25) is 0 Å². The maximum absolute atomic E-state index is 11.8. The predicted molar refractivity (Wildman–Crippen MR) is 62.1 cm³/mol. The van der Waals surface area contributed by atoms with Gasteiger partial charge < -0.3 is 4.52 Å². The molecule has 0 bridgehead atoms. The van der Waals surface area contributed by atoms with Crippen molar-refractivity contribution in [3.8, 4) is 5.75 Å². The fourth-order valence-electron chi connectivity index (χ4n) is 1.23. The molecular weight excluding hydrogens is 255 g/mol. The molecule has 0 heterocycles. The minimum absolute atomic E-state index is 0. The van der Waals surface area contributed by atoms with Gasteiger partial charge in [0.2, 0.25) is 0 Å². The summed E-state index contributed by atoms with van der Waals surface area (Å²) in [7, 11) is -2.17. The van der Waals surface area contributed by atoms with Crippen LogP contribution in [0.1, 0.15) is 0 Å². The Morgan fingerprint density at radius 3 is 1.88 bits per heavy atom. The smallest absolute Gasteiger partial charge is 0.265 e. The van der Waals surface area contributed by atoms with E-state index in [-0.39, 0.29) is 21.7 Å². The molecule has 0 aliphatic rings. The number of hydrogen-bond acceptors (Lipinski definition) is 2. The van der Waals surface area contributed by atoms with Gasteiger partial charge in [-0.3, -0.25) is 4.57 Å². The molecule has 16 heavy (non-hydrogen) atoms. The van der Waals surface area contributed by atoms with Crippen LogP contribution < -0.4 is 9.83 Å². The molecule has 2 aromatic carbocycles. The third kappa shape index (κ3) is 3.64. The quantitative estimate of drug-likeness (QED) is 0.630. The van der Waals surface area contributed by atoms with Crippen molar-refractivity contribution in [2.45, 2.75) is 0 Å². The molecule has 2 rings (SSSR count). The summed E-state index contributed by atoms with van der Waals surface area (Å²) in [4.78, 5) is 0. The van der Waals surface area contributed by atoms with Crippen molar-refractivity contribution < 1.29 is 30.8 Å². The maximum Gasteiger partial charge on any atom is 0.265 e. The second kappa shape index (κ2) is 6.70. The van der Waals surface area contributed by atoms with E-state index < -0.39 is 8.03 Å². The Morgan fingerprint density at radius 2 is 1.31 bits per heavy atom. The van der Waals surface area contributed by atoms with E-state index in [1.54, 1.807) is 12.1 Å². The van der Waals surface area contributed by atoms with E-state index in [2.05, 4.69) is 0 Å². The second-order valence-electron chi connectivity index (χ2n) is 3.07. The topological polar surface area (TPSA) is 26.3 Å². The molecule has 80 valence electrons. The first-order valence-electron chi connectivity index (χ1n) is 4.68. The van der Waals surface area contributed by atoms with Crippen LogP contribution >= 0.6 is 8.03 Å². The normalized spacial score (nSPS) is 11.2. The van der Waals surface area contributed by atoms with E-state index in [1.165, 1.54) is 0 Å². The SMILES string of the molecule is O=[PH](Oc1ccccc1)c1ccccc1.[Ti]. The molecule has 0 N–H and O–H groups in total. The average molecular weight is 266 g/mol. The van der Waals surface area contributed by atoms with Crippen molar-refractivity contribution in [3.63, 3.8) is 0 Å². The summed E-state index contributed by atoms with van der Waals surface area (Å²) in [6, 6.07) is 18.4. The molecule has 0 fully saturated rings. The molecule has 0 amide bonds. The van der Waals surface area contributed by atoms with E-state index in [0.29, 0.717) is 5.75 Å². The first-order valence-corrected chi connectivity index (χ1v) is 6.00. The minimum atomic E-state index is -2.17. The molecular formula is C12H11O2PTi. The zero-order valence-electron chi connectivity index (χ0n) is 8.59. The van der Waals surface area contributed by atoms with Crippen molar-refractivity contribution in [2.24, 2.45) is 0 Å². The summed E-state index contributed by atoms with van der Waals surface area (Å²) in [6.45, 7) is 0. The van der Waals surface area contributed by atoms with E-state index in [1.807, 2.05) is 48.5 Å².